The van der Waals surface area contributed by atoms with Crippen LogP contribution in [0.4, 0.5) is 0 Å². The van der Waals surface area contributed by atoms with Crippen molar-refractivity contribution >= 4 is 5.91 Å². The molecule has 5 nitrogen and oxygen atoms in total. The van der Waals surface area contributed by atoms with Gasteiger partial charge in [-0.3, -0.25) is 9.59 Å². The molecule has 0 aliphatic rings. The van der Waals surface area contributed by atoms with Gasteiger partial charge in [0.2, 0.25) is 0 Å². The molecule has 0 aliphatic carbocycles. The minimum absolute atomic E-state index is 0.00604. The molecule has 1 rings (SSSR count). The molecular formula is C12H15N3O2. The Morgan fingerprint density at radius 2 is 2.18 bits per heavy atom. The molecule has 0 radical (unpaired) electrons. The van der Waals surface area contributed by atoms with Crippen LogP contribution in [-0.2, 0) is 0 Å². The highest BCUT2D eigenvalue weighted by molar-refractivity contribution is 5.94. The summed E-state index contributed by atoms with van der Waals surface area (Å²) in [5.41, 5.74) is 0.364. The lowest BCUT2D eigenvalue weighted by Gasteiger charge is -2.14. The quantitative estimate of drug-likeness (QED) is 0.815. The van der Waals surface area contributed by atoms with E-state index in [1.807, 2.05) is 19.9 Å². The van der Waals surface area contributed by atoms with E-state index in [4.69, 9.17) is 5.26 Å². The average molecular weight is 233 g/mol. The van der Waals surface area contributed by atoms with Gasteiger partial charge in [0.05, 0.1) is 6.07 Å². The maximum Gasteiger partial charge on any atom is 0.257 e. The summed E-state index contributed by atoms with van der Waals surface area (Å²) in [6.07, 6.45) is 1.36. The molecule has 0 spiro atoms. The summed E-state index contributed by atoms with van der Waals surface area (Å²) in [6, 6.07) is 2.75. The van der Waals surface area contributed by atoms with Crippen molar-refractivity contribution in [1.29, 1.82) is 5.26 Å². The number of H-pyrrole nitrogens is 1. The first-order valence-electron chi connectivity index (χ1n) is 5.35. The van der Waals surface area contributed by atoms with Crippen molar-refractivity contribution in [3.63, 3.8) is 0 Å². The molecule has 1 amide bonds. The standard InChI is InChI=1S/C12H15N3O2/c1-7(2)10(5-13)15-12(17)9-6-14-8(3)4-11(9)16/h4,6-7,10H,1-3H3,(H,14,16)(H,15,17). The highest BCUT2D eigenvalue weighted by Gasteiger charge is 2.18. The Labute approximate surface area is 99.5 Å². The fourth-order valence-electron chi connectivity index (χ4n) is 1.32. The number of pyridine rings is 1. The number of aromatic nitrogens is 1. The molecule has 0 aliphatic heterocycles. The third-order valence-corrected chi connectivity index (χ3v) is 2.39. The molecule has 1 aromatic rings. The number of carbonyl (C=O) groups is 1. The van der Waals surface area contributed by atoms with E-state index < -0.39 is 11.9 Å². The molecule has 0 saturated carbocycles. The molecule has 0 bridgehead atoms. The van der Waals surface area contributed by atoms with Crippen LogP contribution >= 0.6 is 0 Å². The molecule has 17 heavy (non-hydrogen) atoms. The predicted octanol–water partition coefficient (Wildman–Crippen LogP) is 0.961. The van der Waals surface area contributed by atoms with Gasteiger partial charge < -0.3 is 10.3 Å². The molecular weight excluding hydrogens is 218 g/mol. The second kappa shape index (κ2) is 5.30. The zero-order valence-corrected chi connectivity index (χ0v) is 10.1. The van der Waals surface area contributed by atoms with Crippen LogP contribution in [-0.4, -0.2) is 16.9 Å². The minimum atomic E-state index is -0.594. The van der Waals surface area contributed by atoms with Gasteiger partial charge in [-0.25, -0.2) is 0 Å². The van der Waals surface area contributed by atoms with E-state index in [0.29, 0.717) is 5.69 Å². The summed E-state index contributed by atoms with van der Waals surface area (Å²) < 4.78 is 0. The minimum Gasteiger partial charge on any atom is -0.364 e. The summed E-state index contributed by atoms with van der Waals surface area (Å²) >= 11 is 0. The van der Waals surface area contributed by atoms with Gasteiger partial charge in [0.1, 0.15) is 11.6 Å². The van der Waals surface area contributed by atoms with Crippen molar-refractivity contribution in [3.8, 4) is 6.07 Å². The van der Waals surface area contributed by atoms with Crippen molar-refractivity contribution in [2.45, 2.75) is 26.8 Å². The first-order chi connectivity index (χ1) is 7.95. The number of carbonyl (C=O) groups excluding carboxylic acids is 1. The first kappa shape index (κ1) is 13.0. The summed E-state index contributed by atoms with van der Waals surface area (Å²) in [7, 11) is 0. The molecule has 0 saturated heterocycles. The van der Waals surface area contributed by atoms with E-state index in [0.717, 1.165) is 0 Å². The second-order valence-electron chi connectivity index (χ2n) is 4.22. The van der Waals surface area contributed by atoms with Gasteiger partial charge in [0.15, 0.2) is 5.43 Å². The van der Waals surface area contributed by atoms with Crippen LogP contribution in [0.3, 0.4) is 0 Å². The highest BCUT2D eigenvalue weighted by Crippen LogP contribution is 2.01. The number of nitrogens with zero attached hydrogens (tertiary/aromatic N) is 1. The first-order valence-corrected chi connectivity index (χ1v) is 5.35. The monoisotopic (exact) mass is 233 g/mol. The predicted molar refractivity (Wildman–Crippen MR) is 63.5 cm³/mol. The third-order valence-electron chi connectivity index (χ3n) is 2.39. The lowest BCUT2D eigenvalue weighted by Crippen LogP contribution is -2.39. The molecule has 90 valence electrons. The summed E-state index contributed by atoms with van der Waals surface area (Å²) in [4.78, 5) is 26.1. The van der Waals surface area contributed by atoms with Gasteiger partial charge in [-0.15, -0.1) is 0 Å². The molecule has 2 N–H and O–H groups in total. The third kappa shape index (κ3) is 3.18. The Morgan fingerprint density at radius 1 is 1.53 bits per heavy atom. The largest absolute Gasteiger partial charge is 0.364 e. The fraction of sp³-hybridized carbons (Fsp3) is 0.417. The number of nitrogens with one attached hydrogen (secondary N) is 2. The van der Waals surface area contributed by atoms with Gasteiger partial charge in [0, 0.05) is 18.0 Å². The van der Waals surface area contributed by atoms with Crippen LogP contribution in [0.15, 0.2) is 17.1 Å². The number of nitriles is 1. The smallest absolute Gasteiger partial charge is 0.257 e. The van der Waals surface area contributed by atoms with E-state index in [-0.39, 0.29) is 16.9 Å². The van der Waals surface area contributed by atoms with Crippen LogP contribution in [0, 0.1) is 24.2 Å². The maximum atomic E-state index is 11.8. The summed E-state index contributed by atoms with van der Waals surface area (Å²) in [6.45, 7) is 5.39. The van der Waals surface area contributed by atoms with E-state index in [1.165, 1.54) is 12.3 Å². The van der Waals surface area contributed by atoms with Crippen molar-refractivity contribution in [1.82, 2.24) is 10.3 Å². The number of amides is 1. The van der Waals surface area contributed by atoms with Crippen molar-refractivity contribution in [3.05, 3.63) is 33.7 Å². The van der Waals surface area contributed by atoms with Crippen molar-refractivity contribution < 1.29 is 4.79 Å². The van der Waals surface area contributed by atoms with Gasteiger partial charge in [-0.2, -0.15) is 5.26 Å². The Kier molecular flexibility index (Phi) is 4.05. The number of hydrogen-bond donors (Lipinski definition) is 2. The number of aryl methyl sites for hydroxylation is 1. The van der Waals surface area contributed by atoms with E-state index >= 15 is 0 Å². The van der Waals surface area contributed by atoms with Gasteiger partial charge in [0.25, 0.3) is 5.91 Å². The molecule has 0 aromatic carbocycles. The van der Waals surface area contributed by atoms with E-state index in [9.17, 15) is 9.59 Å². The van der Waals surface area contributed by atoms with Crippen LogP contribution < -0.4 is 10.7 Å². The Balaban J connectivity index is 2.91. The molecule has 5 heteroatoms. The van der Waals surface area contributed by atoms with Crippen LogP contribution in [0.2, 0.25) is 0 Å². The van der Waals surface area contributed by atoms with Crippen molar-refractivity contribution in [2.24, 2.45) is 5.92 Å². The zero-order valence-electron chi connectivity index (χ0n) is 10.1. The molecule has 0 fully saturated rings. The molecule has 1 aromatic heterocycles. The lowest BCUT2D eigenvalue weighted by atomic mass is 10.1. The normalized spacial score (nSPS) is 11.9. The van der Waals surface area contributed by atoms with Gasteiger partial charge in [-0.05, 0) is 12.8 Å². The number of aromatic amines is 1. The van der Waals surface area contributed by atoms with E-state index in [2.05, 4.69) is 10.3 Å². The Bertz CT molecular complexity index is 511. The fourth-order valence-corrected chi connectivity index (χ4v) is 1.32. The van der Waals surface area contributed by atoms with Crippen molar-refractivity contribution in [2.75, 3.05) is 0 Å². The molecule has 1 atom stereocenters. The van der Waals surface area contributed by atoms with E-state index in [1.54, 1.807) is 6.92 Å². The van der Waals surface area contributed by atoms with Crippen LogP contribution in [0.25, 0.3) is 0 Å². The topological polar surface area (TPSA) is 85.8 Å². The Morgan fingerprint density at radius 3 is 2.65 bits per heavy atom. The Hall–Kier alpha value is -2.09. The SMILES string of the molecule is Cc1cc(=O)c(C(=O)NC(C#N)C(C)C)c[nH]1. The number of hydrogen-bond acceptors (Lipinski definition) is 3. The van der Waals surface area contributed by atoms with Crippen LogP contribution in [0.1, 0.15) is 29.9 Å². The lowest BCUT2D eigenvalue weighted by molar-refractivity contribution is 0.0936. The average Bonchev–Trinajstić information content (AvgIpc) is 2.24. The highest BCUT2D eigenvalue weighted by atomic mass is 16.2. The maximum absolute atomic E-state index is 11.8. The number of rotatable bonds is 3. The van der Waals surface area contributed by atoms with Gasteiger partial charge in [-0.1, -0.05) is 13.8 Å². The molecule has 1 unspecified atom stereocenters. The molecule has 1 heterocycles. The van der Waals surface area contributed by atoms with Gasteiger partial charge >= 0.3 is 0 Å². The second-order valence-corrected chi connectivity index (χ2v) is 4.22. The van der Waals surface area contributed by atoms with Crippen LogP contribution in [0.5, 0.6) is 0 Å². The zero-order chi connectivity index (χ0) is 13.0. The summed E-state index contributed by atoms with van der Waals surface area (Å²) in [5.74, 6) is -0.528. The summed E-state index contributed by atoms with van der Waals surface area (Å²) in [5, 5.41) is 11.4.